The molecule has 5 nitrogen and oxygen atoms in total. The Morgan fingerprint density at radius 3 is 2.42 bits per heavy atom. The van der Waals surface area contributed by atoms with Gasteiger partial charge in [0, 0.05) is 6.54 Å². The molecule has 2 rings (SSSR count). The summed E-state index contributed by atoms with van der Waals surface area (Å²) in [6.07, 6.45) is 0.992. The maximum absolute atomic E-state index is 12.0. The topological polar surface area (TPSA) is 56.8 Å². The van der Waals surface area contributed by atoms with Crippen LogP contribution in [-0.2, 0) is 11.2 Å². The molecule has 26 heavy (non-hydrogen) atoms. The lowest BCUT2D eigenvalue weighted by Gasteiger charge is -2.11. The van der Waals surface area contributed by atoms with E-state index >= 15 is 0 Å². The molecular formula is C21H27NO4. The third-order valence-corrected chi connectivity index (χ3v) is 4.28. The molecule has 1 N–H and O–H groups in total. The van der Waals surface area contributed by atoms with Crippen LogP contribution in [0.5, 0.6) is 17.2 Å². The number of amides is 1. The van der Waals surface area contributed by atoms with Crippen molar-refractivity contribution in [3.05, 3.63) is 53.1 Å². The van der Waals surface area contributed by atoms with Crippen LogP contribution in [0.25, 0.3) is 0 Å². The summed E-state index contributed by atoms with van der Waals surface area (Å²) in [5, 5.41) is 2.91. The minimum atomic E-state index is -0.0318. The predicted molar refractivity (Wildman–Crippen MR) is 102 cm³/mol. The number of nitrogens with one attached hydrogen (secondary N) is 1. The second-order valence-electron chi connectivity index (χ2n) is 6.12. The zero-order valence-electron chi connectivity index (χ0n) is 15.9. The molecule has 0 fully saturated rings. The van der Waals surface area contributed by atoms with Crippen molar-refractivity contribution in [2.75, 3.05) is 27.4 Å². The van der Waals surface area contributed by atoms with E-state index in [9.17, 15) is 4.79 Å². The Balaban J connectivity index is 1.74. The number of carbonyl (C=O) groups excluding carboxylic acids is 1. The fourth-order valence-electron chi connectivity index (χ4n) is 2.57. The van der Waals surface area contributed by atoms with Crippen LogP contribution < -0.4 is 19.5 Å². The van der Waals surface area contributed by atoms with Gasteiger partial charge in [-0.25, -0.2) is 0 Å². The van der Waals surface area contributed by atoms with E-state index in [4.69, 9.17) is 14.2 Å². The Bertz CT molecular complexity index is 743. The molecule has 1 amide bonds. The van der Waals surface area contributed by atoms with Crippen molar-refractivity contribution in [3.8, 4) is 17.2 Å². The van der Waals surface area contributed by atoms with E-state index in [1.54, 1.807) is 14.2 Å². The molecule has 0 spiro atoms. The Morgan fingerprint density at radius 2 is 1.73 bits per heavy atom. The van der Waals surface area contributed by atoms with Gasteiger partial charge < -0.3 is 19.5 Å². The first kappa shape index (κ1) is 19.6. The third kappa shape index (κ3) is 5.69. The van der Waals surface area contributed by atoms with Crippen LogP contribution in [-0.4, -0.2) is 33.3 Å². The zero-order chi connectivity index (χ0) is 18.9. The lowest BCUT2D eigenvalue weighted by molar-refractivity contribution is -0.121. The summed E-state index contributed by atoms with van der Waals surface area (Å²) < 4.78 is 16.2. The first-order valence-electron chi connectivity index (χ1n) is 8.71. The van der Waals surface area contributed by atoms with E-state index in [1.807, 2.05) is 43.3 Å². The Morgan fingerprint density at radius 1 is 0.962 bits per heavy atom. The summed E-state index contributed by atoms with van der Waals surface area (Å²) in [5.41, 5.74) is 3.40. The fourth-order valence-corrected chi connectivity index (χ4v) is 2.57. The number of hydrogen-bond acceptors (Lipinski definition) is 4. The summed E-state index contributed by atoms with van der Waals surface area (Å²) in [4.78, 5) is 12.0. The van der Waals surface area contributed by atoms with E-state index in [1.165, 1.54) is 11.1 Å². The molecule has 0 heterocycles. The number of carbonyl (C=O) groups is 1. The van der Waals surface area contributed by atoms with Crippen molar-refractivity contribution in [2.24, 2.45) is 0 Å². The smallest absolute Gasteiger partial charge is 0.223 e. The number of hydrogen-bond donors (Lipinski definition) is 1. The first-order chi connectivity index (χ1) is 12.5. The minimum Gasteiger partial charge on any atom is -0.497 e. The molecule has 0 aliphatic carbocycles. The van der Waals surface area contributed by atoms with Crippen molar-refractivity contribution in [3.63, 3.8) is 0 Å². The average Bonchev–Trinajstić information content (AvgIpc) is 2.64. The monoisotopic (exact) mass is 357 g/mol. The standard InChI is InChI=1S/C21H27NO4/c1-15-5-6-19(13-16(15)2)26-12-10-21(23)22-11-9-17-14-18(24-3)7-8-20(17)25-4/h5-8,13-14H,9-12H2,1-4H3,(H,22,23). The average molecular weight is 357 g/mol. The maximum Gasteiger partial charge on any atom is 0.223 e. The highest BCUT2D eigenvalue weighted by molar-refractivity contribution is 5.76. The second-order valence-corrected chi connectivity index (χ2v) is 6.12. The molecular weight excluding hydrogens is 330 g/mol. The third-order valence-electron chi connectivity index (χ3n) is 4.28. The Hall–Kier alpha value is -2.69. The van der Waals surface area contributed by atoms with E-state index in [0.717, 1.165) is 22.8 Å². The fraction of sp³-hybridized carbons (Fsp3) is 0.381. The molecule has 0 saturated heterocycles. The van der Waals surface area contributed by atoms with Gasteiger partial charge in [-0.15, -0.1) is 0 Å². The highest BCUT2D eigenvalue weighted by Crippen LogP contribution is 2.24. The lowest BCUT2D eigenvalue weighted by Crippen LogP contribution is -2.27. The van der Waals surface area contributed by atoms with Crippen molar-refractivity contribution in [1.29, 1.82) is 0 Å². The normalized spacial score (nSPS) is 10.3. The van der Waals surface area contributed by atoms with Gasteiger partial charge in [0.15, 0.2) is 0 Å². The van der Waals surface area contributed by atoms with E-state index in [0.29, 0.717) is 26.0 Å². The molecule has 5 heteroatoms. The molecule has 0 aliphatic rings. The van der Waals surface area contributed by atoms with Crippen LogP contribution in [0, 0.1) is 13.8 Å². The maximum atomic E-state index is 12.0. The summed E-state index contributed by atoms with van der Waals surface area (Å²) in [5.74, 6) is 2.32. The highest BCUT2D eigenvalue weighted by Gasteiger charge is 2.07. The van der Waals surface area contributed by atoms with Gasteiger partial charge in [-0.2, -0.15) is 0 Å². The van der Waals surface area contributed by atoms with Gasteiger partial charge in [0.2, 0.25) is 5.91 Å². The van der Waals surface area contributed by atoms with Gasteiger partial charge in [-0.1, -0.05) is 6.07 Å². The van der Waals surface area contributed by atoms with Crippen molar-refractivity contribution < 1.29 is 19.0 Å². The molecule has 2 aromatic carbocycles. The van der Waals surface area contributed by atoms with Gasteiger partial charge in [-0.3, -0.25) is 4.79 Å². The van der Waals surface area contributed by atoms with Gasteiger partial charge in [0.25, 0.3) is 0 Å². The van der Waals surface area contributed by atoms with Crippen molar-refractivity contribution in [2.45, 2.75) is 26.7 Å². The molecule has 0 aromatic heterocycles. The largest absolute Gasteiger partial charge is 0.497 e. The summed E-state index contributed by atoms with van der Waals surface area (Å²) in [7, 11) is 3.26. The van der Waals surface area contributed by atoms with Gasteiger partial charge in [-0.05, 0) is 67.3 Å². The molecule has 0 saturated carbocycles. The SMILES string of the molecule is COc1ccc(OC)c(CCNC(=O)CCOc2ccc(C)c(C)c2)c1. The van der Waals surface area contributed by atoms with Crippen LogP contribution in [0.1, 0.15) is 23.1 Å². The molecule has 0 bridgehead atoms. The molecule has 2 aromatic rings. The second kappa shape index (κ2) is 9.70. The predicted octanol–water partition coefficient (Wildman–Crippen LogP) is 3.45. The van der Waals surface area contributed by atoms with E-state index in [-0.39, 0.29) is 5.91 Å². The van der Waals surface area contributed by atoms with E-state index in [2.05, 4.69) is 12.2 Å². The minimum absolute atomic E-state index is 0.0318. The van der Waals surface area contributed by atoms with Crippen LogP contribution in [0.4, 0.5) is 0 Å². The Kier molecular flexibility index (Phi) is 7.33. The van der Waals surface area contributed by atoms with Gasteiger partial charge in [0.1, 0.15) is 17.2 Å². The number of rotatable bonds is 9. The van der Waals surface area contributed by atoms with Crippen molar-refractivity contribution >= 4 is 5.91 Å². The highest BCUT2D eigenvalue weighted by atomic mass is 16.5. The van der Waals surface area contributed by atoms with Crippen LogP contribution in [0.2, 0.25) is 0 Å². The lowest BCUT2D eigenvalue weighted by atomic mass is 10.1. The van der Waals surface area contributed by atoms with Crippen LogP contribution in [0.3, 0.4) is 0 Å². The summed E-state index contributed by atoms with van der Waals surface area (Å²) >= 11 is 0. The molecule has 140 valence electrons. The number of benzene rings is 2. The van der Waals surface area contributed by atoms with Crippen molar-refractivity contribution in [1.82, 2.24) is 5.32 Å². The Labute approximate surface area is 155 Å². The number of ether oxygens (including phenoxy) is 3. The van der Waals surface area contributed by atoms with Gasteiger partial charge >= 0.3 is 0 Å². The quantitative estimate of drug-likeness (QED) is 0.747. The first-order valence-corrected chi connectivity index (χ1v) is 8.71. The summed E-state index contributed by atoms with van der Waals surface area (Å²) in [6.45, 7) is 4.99. The molecule has 0 unspecified atom stereocenters. The molecule has 0 atom stereocenters. The summed E-state index contributed by atoms with van der Waals surface area (Å²) in [6, 6.07) is 11.6. The number of aryl methyl sites for hydroxylation is 2. The molecule has 0 radical (unpaired) electrons. The van der Waals surface area contributed by atoms with Gasteiger partial charge in [0.05, 0.1) is 27.2 Å². The van der Waals surface area contributed by atoms with Crippen LogP contribution >= 0.6 is 0 Å². The zero-order valence-corrected chi connectivity index (χ0v) is 15.9. The number of methoxy groups -OCH3 is 2. The van der Waals surface area contributed by atoms with Crippen LogP contribution in [0.15, 0.2) is 36.4 Å². The van der Waals surface area contributed by atoms with E-state index < -0.39 is 0 Å². The molecule has 0 aliphatic heterocycles.